The Labute approximate surface area is 117 Å². The van der Waals surface area contributed by atoms with Crippen molar-refractivity contribution in [1.82, 2.24) is 10.2 Å². The number of likely N-dealkylation sites (tertiary alicyclic amines) is 1. The number of nitrogens with two attached hydrogens (primary N) is 1. The molecular weight excluding hydrogens is 234 g/mol. The lowest BCUT2D eigenvalue weighted by molar-refractivity contribution is 0.271. The Hall–Kier alpha value is -0.900. The summed E-state index contributed by atoms with van der Waals surface area (Å²) < 4.78 is 0. The fraction of sp³-hybridized carbons (Fsp3) is 0.625. The zero-order valence-corrected chi connectivity index (χ0v) is 12.2. The van der Waals surface area contributed by atoms with Gasteiger partial charge in [-0.05, 0) is 24.4 Å². The van der Waals surface area contributed by atoms with Crippen LogP contribution in [0.4, 0.5) is 0 Å². The van der Waals surface area contributed by atoms with Crippen molar-refractivity contribution in [2.24, 2.45) is 11.7 Å². The van der Waals surface area contributed by atoms with Crippen molar-refractivity contribution in [3.63, 3.8) is 0 Å². The third-order valence-electron chi connectivity index (χ3n) is 3.96. The maximum absolute atomic E-state index is 6.02. The quantitative estimate of drug-likeness (QED) is 0.821. The molecule has 0 aliphatic carbocycles. The molecule has 0 amide bonds. The molecular formula is C16H27N3. The van der Waals surface area contributed by atoms with Gasteiger partial charge in [0.15, 0.2) is 0 Å². The Kier molecular flexibility index (Phi) is 4.97. The van der Waals surface area contributed by atoms with Crippen molar-refractivity contribution in [3.05, 3.63) is 35.9 Å². The SMILES string of the molecule is CC(C)CNC1(CN)CCN(Cc2ccccc2)C1. The van der Waals surface area contributed by atoms with Crippen molar-refractivity contribution >= 4 is 0 Å². The van der Waals surface area contributed by atoms with Gasteiger partial charge in [0.1, 0.15) is 0 Å². The summed E-state index contributed by atoms with van der Waals surface area (Å²) in [5.41, 5.74) is 7.53. The summed E-state index contributed by atoms with van der Waals surface area (Å²) in [6.45, 7) is 9.50. The van der Waals surface area contributed by atoms with E-state index < -0.39 is 0 Å². The summed E-state index contributed by atoms with van der Waals surface area (Å²) in [5, 5.41) is 3.69. The Morgan fingerprint density at radius 3 is 2.68 bits per heavy atom. The Bertz CT molecular complexity index is 377. The molecule has 1 unspecified atom stereocenters. The molecule has 1 aromatic carbocycles. The van der Waals surface area contributed by atoms with Crippen molar-refractivity contribution < 1.29 is 0 Å². The van der Waals surface area contributed by atoms with Crippen LogP contribution < -0.4 is 11.1 Å². The van der Waals surface area contributed by atoms with Crippen LogP contribution in [0.3, 0.4) is 0 Å². The minimum atomic E-state index is 0.124. The third kappa shape index (κ3) is 4.03. The van der Waals surface area contributed by atoms with Crippen LogP contribution in [0.2, 0.25) is 0 Å². The van der Waals surface area contributed by atoms with Crippen molar-refractivity contribution in [3.8, 4) is 0 Å². The van der Waals surface area contributed by atoms with Crippen LogP contribution in [0.15, 0.2) is 30.3 Å². The van der Waals surface area contributed by atoms with Crippen LogP contribution in [-0.2, 0) is 6.54 Å². The van der Waals surface area contributed by atoms with Crippen LogP contribution in [0, 0.1) is 5.92 Å². The molecule has 1 saturated heterocycles. The molecule has 0 saturated carbocycles. The average molecular weight is 261 g/mol. The first-order valence-corrected chi connectivity index (χ1v) is 7.35. The van der Waals surface area contributed by atoms with Crippen LogP contribution in [-0.4, -0.2) is 36.6 Å². The van der Waals surface area contributed by atoms with Gasteiger partial charge in [-0.3, -0.25) is 4.90 Å². The molecule has 106 valence electrons. The lowest BCUT2D eigenvalue weighted by atomic mass is 9.98. The molecule has 3 heteroatoms. The summed E-state index contributed by atoms with van der Waals surface area (Å²) in [6, 6.07) is 10.7. The highest BCUT2D eigenvalue weighted by molar-refractivity contribution is 5.15. The van der Waals surface area contributed by atoms with Gasteiger partial charge in [-0.2, -0.15) is 0 Å². The van der Waals surface area contributed by atoms with E-state index in [1.165, 1.54) is 5.56 Å². The molecule has 19 heavy (non-hydrogen) atoms. The van der Waals surface area contributed by atoms with Gasteiger partial charge in [0.25, 0.3) is 0 Å². The second kappa shape index (κ2) is 6.51. The highest BCUT2D eigenvalue weighted by atomic mass is 15.2. The number of benzene rings is 1. The smallest absolute Gasteiger partial charge is 0.0445 e. The maximum atomic E-state index is 6.02. The molecule has 1 heterocycles. The minimum absolute atomic E-state index is 0.124. The first-order chi connectivity index (χ1) is 9.13. The highest BCUT2D eigenvalue weighted by Crippen LogP contribution is 2.22. The maximum Gasteiger partial charge on any atom is 0.0445 e. The van der Waals surface area contributed by atoms with Gasteiger partial charge in [-0.1, -0.05) is 44.2 Å². The molecule has 3 N–H and O–H groups in total. The van der Waals surface area contributed by atoms with E-state index in [4.69, 9.17) is 5.73 Å². The standard InChI is InChI=1S/C16H27N3/c1-14(2)10-18-16(12-17)8-9-19(13-16)11-15-6-4-3-5-7-15/h3-7,14,18H,8-13,17H2,1-2H3. The molecule has 1 atom stereocenters. The lowest BCUT2D eigenvalue weighted by Gasteiger charge is -2.30. The van der Waals surface area contributed by atoms with Crippen LogP contribution in [0.5, 0.6) is 0 Å². The molecule has 2 rings (SSSR count). The number of hydrogen-bond acceptors (Lipinski definition) is 3. The topological polar surface area (TPSA) is 41.3 Å². The van der Waals surface area contributed by atoms with Gasteiger partial charge in [-0.25, -0.2) is 0 Å². The predicted octanol–water partition coefficient (Wildman–Crippen LogP) is 1.84. The summed E-state index contributed by atoms with van der Waals surface area (Å²) in [6.07, 6.45) is 1.16. The predicted molar refractivity (Wildman–Crippen MR) is 81.0 cm³/mol. The highest BCUT2D eigenvalue weighted by Gasteiger charge is 2.36. The van der Waals surface area contributed by atoms with E-state index in [0.29, 0.717) is 5.92 Å². The lowest BCUT2D eigenvalue weighted by Crippen LogP contribution is -2.54. The summed E-state index contributed by atoms with van der Waals surface area (Å²) >= 11 is 0. The van der Waals surface area contributed by atoms with E-state index in [0.717, 1.165) is 39.1 Å². The van der Waals surface area contributed by atoms with Gasteiger partial charge in [0, 0.05) is 31.7 Å². The minimum Gasteiger partial charge on any atom is -0.329 e. The molecule has 1 aromatic rings. The van der Waals surface area contributed by atoms with Gasteiger partial charge in [-0.15, -0.1) is 0 Å². The van der Waals surface area contributed by atoms with Crippen LogP contribution in [0.1, 0.15) is 25.8 Å². The first kappa shape index (κ1) is 14.5. The normalized spacial score (nSPS) is 24.2. The first-order valence-electron chi connectivity index (χ1n) is 7.35. The number of nitrogens with zero attached hydrogens (tertiary/aromatic N) is 1. The van der Waals surface area contributed by atoms with Gasteiger partial charge >= 0.3 is 0 Å². The molecule has 0 radical (unpaired) electrons. The summed E-state index contributed by atoms with van der Waals surface area (Å²) in [7, 11) is 0. The van der Waals surface area contributed by atoms with E-state index in [2.05, 4.69) is 54.4 Å². The number of hydrogen-bond donors (Lipinski definition) is 2. The van der Waals surface area contributed by atoms with E-state index in [1.54, 1.807) is 0 Å². The van der Waals surface area contributed by atoms with Crippen LogP contribution >= 0.6 is 0 Å². The van der Waals surface area contributed by atoms with E-state index >= 15 is 0 Å². The van der Waals surface area contributed by atoms with E-state index in [1.807, 2.05) is 0 Å². The van der Waals surface area contributed by atoms with E-state index in [-0.39, 0.29) is 5.54 Å². The fourth-order valence-corrected chi connectivity index (χ4v) is 2.74. The monoisotopic (exact) mass is 261 g/mol. The Morgan fingerprint density at radius 2 is 2.05 bits per heavy atom. The Balaban J connectivity index is 1.90. The zero-order chi connectivity index (χ0) is 13.7. The molecule has 0 spiro atoms. The molecule has 1 aliphatic heterocycles. The Morgan fingerprint density at radius 1 is 1.32 bits per heavy atom. The number of rotatable bonds is 6. The molecule has 1 fully saturated rings. The van der Waals surface area contributed by atoms with Crippen LogP contribution in [0.25, 0.3) is 0 Å². The van der Waals surface area contributed by atoms with Crippen molar-refractivity contribution in [1.29, 1.82) is 0 Å². The second-order valence-corrected chi connectivity index (χ2v) is 6.21. The fourth-order valence-electron chi connectivity index (χ4n) is 2.74. The molecule has 3 nitrogen and oxygen atoms in total. The zero-order valence-electron chi connectivity index (χ0n) is 12.2. The summed E-state index contributed by atoms with van der Waals surface area (Å²) in [4.78, 5) is 2.51. The summed E-state index contributed by atoms with van der Waals surface area (Å²) in [5.74, 6) is 0.673. The van der Waals surface area contributed by atoms with E-state index in [9.17, 15) is 0 Å². The van der Waals surface area contributed by atoms with Crippen molar-refractivity contribution in [2.75, 3.05) is 26.2 Å². The molecule has 1 aliphatic rings. The molecule has 0 aromatic heterocycles. The largest absolute Gasteiger partial charge is 0.329 e. The average Bonchev–Trinajstić information content (AvgIpc) is 2.82. The van der Waals surface area contributed by atoms with Gasteiger partial charge in [0.2, 0.25) is 0 Å². The van der Waals surface area contributed by atoms with Gasteiger partial charge < -0.3 is 11.1 Å². The van der Waals surface area contributed by atoms with Gasteiger partial charge in [0.05, 0.1) is 0 Å². The number of nitrogens with one attached hydrogen (secondary N) is 1. The van der Waals surface area contributed by atoms with Crippen molar-refractivity contribution in [2.45, 2.75) is 32.4 Å². The third-order valence-corrected chi connectivity index (χ3v) is 3.96. The molecule has 0 bridgehead atoms. The second-order valence-electron chi connectivity index (χ2n) is 6.21.